The number of nitrogens with one attached hydrogen (secondary N) is 1. The Morgan fingerprint density at radius 2 is 2.10 bits per heavy atom. The van der Waals surface area contributed by atoms with E-state index in [9.17, 15) is 0 Å². The minimum Gasteiger partial charge on any atom is -0.376 e. The molecule has 1 saturated carbocycles. The molecule has 0 bridgehead atoms. The van der Waals surface area contributed by atoms with Gasteiger partial charge in [0.05, 0.1) is 6.10 Å². The van der Waals surface area contributed by atoms with Crippen LogP contribution in [0, 0.1) is 5.92 Å². The van der Waals surface area contributed by atoms with Crippen LogP contribution < -0.4 is 5.32 Å². The fourth-order valence-corrected chi connectivity index (χ4v) is 1.19. The Labute approximate surface area is 61.9 Å². The Morgan fingerprint density at radius 3 is 2.60 bits per heavy atom. The molecule has 1 heterocycles. The highest BCUT2D eigenvalue weighted by molar-refractivity contribution is 4.76. The van der Waals surface area contributed by atoms with Crippen LogP contribution in [0.15, 0.2) is 0 Å². The van der Waals surface area contributed by atoms with E-state index < -0.39 is 0 Å². The molecule has 58 valence electrons. The average Bonchev–Trinajstić information content (AvgIpc) is 2.58. The summed E-state index contributed by atoms with van der Waals surface area (Å²) in [6.45, 7) is 3.15. The van der Waals surface area contributed by atoms with Crippen molar-refractivity contribution in [3.63, 3.8) is 0 Å². The molecule has 2 heteroatoms. The van der Waals surface area contributed by atoms with Gasteiger partial charge in [0, 0.05) is 19.7 Å². The zero-order valence-corrected chi connectivity index (χ0v) is 6.31. The van der Waals surface area contributed by atoms with Crippen LogP contribution >= 0.6 is 0 Å². The molecule has 0 radical (unpaired) electrons. The first-order valence-corrected chi connectivity index (χ1v) is 4.27. The molecule has 0 atom stereocenters. The van der Waals surface area contributed by atoms with Crippen molar-refractivity contribution in [2.24, 2.45) is 5.92 Å². The van der Waals surface area contributed by atoms with E-state index in [1.807, 2.05) is 0 Å². The van der Waals surface area contributed by atoms with Crippen molar-refractivity contribution < 1.29 is 4.74 Å². The third-order valence-electron chi connectivity index (χ3n) is 2.32. The van der Waals surface area contributed by atoms with Crippen LogP contribution in [0.3, 0.4) is 0 Å². The zero-order chi connectivity index (χ0) is 6.81. The maximum Gasteiger partial charge on any atom is 0.0823 e. The first-order chi connectivity index (χ1) is 4.95. The molecule has 1 N–H and O–H groups in total. The van der Waals surface area contributed by atoms with Gasteiger partial charge in [0.15, 0.2) is 0 Å². The van der Waals surface area contributed by atoms with Gasteiger partial charge < -0.3 is 10.1 Å². The lowest BCUT2D eigenvalue weighted by Crippen LogP contribution is -2.48. The molecule has 10 heavy (non-hydrogen) atoms. The van der Waals surface area contributed by atoms with E-state index in [0.29, 0.717) is 6.10 Å². The summed E-state index contributed by atoms with van der Waals surface area (Å²) in [7, 11) is 0. The molecule has 0 aromatic heterocycles. The summed E-state index contributed by atoms with van der Waals surface area (Å²) in [6, 6.07) is 0. The molecule has 0 aromatic rings. The molecule has 0 aromatic carbocycles. The summed E-state index contributed by atoms with van der Waals surface area (Å²) < 4.78 is 5.57. The SMILES string of the molecule is C(CC1CC1)OC1CNC1. The van der Waals surface area contributed by atoms with Crippen LogP contribution in [0.2, 0.25) is 0 Å². The second-order valence-electron chi connectivity index (χ2n) is 3.38. The topological polar surface area (TPSA) is 21.3 Å². The quantitative estimate of drug-likeness (QED) is 0.624. The van der Waals surface area contributed by atoms with Gasteiger partial charge in [-0.15, -0.1) is 0 Å². The Kier molecular flexibility index (Phi) is 1.91. The highest BCUT2D eigenvalue weighted by Crippen LogP contribution is 2.32. The van der Waals surface area contributed by atoms with E-state index in [1.54, 1.807) is 0 Å². The first-order valence-electron chi connectivity index (χ1n) is 4.27. The van der Waals surface area contributed by atoms with Crippen molar-refractivity contribution in [3.05, 3.63) is 0 Å². The van der Waals surface area contributed by atoms with Crippen LogP contribution in [0.1, 0.15) is 19.3 Å². The molecule has 0 unspecified atom stereocenters. The summed E-state index contributed by atoms with van der Waals surface area (Å²) in [4.78, 5) is 0. The van der Waals surface area contributed by atoms with E-state index in [4.69, 9.17) is 4.74 Å². The van der Waals surface area contributed by atoms with Gasteiger partial charge in [-0.05, 0) is 12.3 Å². The standard InChI is InChI=1S/C8H15NO/c1-2-7(1)3-4-10-8-5-9-6-8/h7-9H,1-6H2. The van der Waals surface area contributed by atoms with E-state index in [-0.39, 0.29) is 0 Å². The molecule has 2 rings (SSSR count). The van der Waals surface area contributed by atoms with Crippen LogP contribution in [-0.4, -0.2) is 25.8 Å². The number of hydrogen-bond acceptors (Lipinski definition) is 2. The summed E-state index contributed by atoms with van der Waals surface area (Å²) in [5.74, 6) is 1.02. The van der Waals surface area contributed by atoms with Gasteiger partial charge in [-0.25, -0.2) is 0 Å². The highest BCUT2D eigenvalue weighted by Gasteiger charge is 2.22. The Bertz CT molecular complexity index is 108. The van der Waals surface area contributed by atoms with Gasteiger partial charge in [0.25, 0.3) is 0 Å². The molecular formula is C8H15NO. The van der Waals surface area contributed by atoms with Crippen LogP contribution in [0.25, 0.3) is 0 Å². The third-order valence-corrected chi connectivity index (χ3v) is 2.32. The zero-order valence-electron chi connectivity index (χ0n) is 6.31. The van der Waals surface area contributed by atoms with Crippen molar-refractivity contribution in [3.8, 4) is 0 Å². The molecule has 0 spiro atoms. The van der Waals surface area contributed by atoms with E-state index in [1.165, 1.54) is 19.3 Å². The molecule has 2 nitrogen and oxygen atoms in total. The number of hydrogen-bond donors (Lipinski definition) is 1. The predicted octanol–water partition coefficient (Wildman–Crippen LogP) is 0.775. The minimum absolute atomic E-state index is 0.541. The lowest BCUT2D eigenvalue weighted by molar-refractivity contribution is 0.0159. The van der Waals surface area contributed by atoms with Gasteiger partial charge in [0.1, 0.15) is 0 Å². The monoisotopic (exact) mass is 141 g/mol. The first kappa shape index (κ1) is 6.62. The van der Waals surface area contributed by atoms with Gasteiger partial charge in [0.2, 0.25) is 0 Å². The lowest BCUT2D eigenvalue weighted by Gasteiger charge is -2.27. The van der Waals surface area contributed by atoms with Crippen molar-refractivity contribution >= 4 is 0 Å². The van der Waals surface area contributed by atoms with E-state index >= 15 is 0 Å². The molecule has 1 aliphatic carbocycles. The fraction of sp³-hybridized carbons (Fsp3) is 1.00. The molecular weight excluding hydrogens is 126 g/mol. The summed E-state index contributed by atoms with van der Waals surface area (Å²) in [5.41, 5.74) is 0. The van der Waals surface area contributed by atoms with Gasteiger partial charge in [-0.1, -0.05) is 12.8 Å². The van der Waals surface area contributed by atoms with Crippen molar-refractivity contribution in [1.82, 2.24) is 5.32 Å². The van der Waals surface area contributed by atoms with Crippen LogP contribution in [0.4, 0.5) is 0 Å². The highest BCUT2D eigenvalue weighted by atomic mass is 16.5. The molecule has 1 saturated heterocycles. The van der Waals surface area contributed by atoms with Crippen LogP contribution in [-0.2, 0) is 4.74 Å². The fourth-order valence-electron chi connectivity index (χ4n) is 1.19. The van der Waals surface area contributed by atoms with Gasteiger partial charge in [-0.3, -0.25) is 0 Å². The van der Waals surface area contributed by atoms with Crippen LogP contribution in [0.5, 0.6) is 0 Å². The Hall–Kier alpha value is -0.0800. The maximum absolute atomic E-state index is 5.57. The third kappa shape index (κ3) is 1.70. The largest absolute Gasteiger partial charge is 0.376 e. The summed E-state index contributed by atoms with van der Waals surface area (Å²) >= 11 is 0. The van der Waals surface area contributed by atoms with Crippen molar-refractivity contribution in [2.75, 3.05) is 19.7 Å². The number of ether oxygens (including phenoxy) is 1. The molecule has 2 fully saturated rings. The van der Waals surface area contributed by atoms with Gasteiger partial charge in [-0.2, -0.15) is 0 Å². The van der Waals surface area contributed by atoms with Crippen molar-refractivity contribution in [1.29, 1.82) is 0 Å². The molecule has 2 aliphatic rings. The molecule has 0 amide bonds. The summed E-state index contributed by atoms with van der Waals surface area (Å²) in [5, 5.41) is 3.19. The maximum atomic E-state index is 5.57. The smallest absolute Gasteiger partial charge is 0.0823 e. The second kappa shape index (κ2) is 2.89. The summed E-state index contributed by atoms with van der Waals surface area (Å²) in [6.07, 6.45) is 4.74. The van der Waals surface area contributed by atoms with Crippen molar-refractivity contribution in [2.45, 2.75) is 25.4 Å². The normalized spacial score (nSPS) is 26.4. The second-order valence-corrected chi connectivity index (χ2v) is 3.38. The van der Waals surface area contributed by atoms with Gasteiger partial charge >= 0.3 is 0 Å². The number of rotatable bonds is 4. The molecule has 1 aliphatic heterocycles. The average molecular weight is 141 g/mol. The Balaban J connectivity index is 1.46. The predicted molar refractivity (Wildman–Crippen MR) is 40.0 cm³/mol. The van der Waals surface area contributed by atoms with E-state index in [0.717, 1.165) is 25.6 Å². The lowest BCUT2D eigenvalue weighted by atomic mass is 10.2. The Morgan fingerprint density at radius 1 is 1.30 bits per heavy atom. The minimum atomic E-state index is 0.541. The van der Waals surface area contributed by atoms with E-state index in [2.05, 4.69) is 5.32 Å².